The summed E-state index contributed by atoms with van der Waals surface area (Å²) in [5.74, 6) is -1.26. The molecule has 0 radical (unpaired) electrons. The molecule has 0 spiro atoms. The second kappa shape index (κ2) is 7.58. The maximum Gasteiger partial charge on any atom is 0.350 e. The highest BCUT2D eigenvalue weighted by Gasteiger charge is 2.31. The third kappa shape index (κ3) is 4.40. The quantitative estimate of drug-likeness (QED) is 0.348. The van der Waals surface area contributed by atoms with Crippen LogP contribution >= 0.6 is 34.6 Å². The van der Waals surface area contributed by atoms with Crippen LogP contribution in [0.15, 0.2) is 33.8 Å². The van der Waals surface area contributed by atoms with Gasteiger partial charge >= 0.3 is 5.97 Å². The molecule has 2 heterocycles. The number of oxime groups is 1. The van der Waals surface area contributed by atoms with Gasteiger partial charge in [0, 0.05) is 11.5 Å². The van der Waals surface area contributed by atoms with Gasteiger partial charge in [-0.05, 0) is 37.7 Å². The highest BCUT2D eigenvalue weighted by atomic mass is 32.2. The van der Waals surface area contributed by atoms with Gasteiger partial charge in [-0.15, -0.1) is 11.3 Å². The van der Waals surface area contributed by atoms with E-state index in [-0.39, 0.29) is 16.7 Å². The molecule has 0 aliphatic carbocycles. The van der Waals surface area contributed by atoms with Crippen molar-refractivity contribution in [2.75, 3.05) is 5.73 Å². The van der Waals surface area contributed by atoms with E-state index in [1.165, 1.54) is 25.2 Å². The van der Waals surface area contributed by atoms with Crippen LogP contribution in [0.4, 0.5) is 5.13 Å². The average molecular weight is 424 g/mol. The zero-order valence-corrected chi connectivity index (χ0v) is 16.5. The molecule has 0 aliphatic heterocycles. The second-order valence-electron chi connectivity index (χ2n) is 5.64. The van der Waals surface area contributed by atoms with Crippen molar-refractivity contribution >= 4 is 66.8 Å². The topological polar surface area (TPSA) is 141 Å². The molecule has 3 N–H and O–H groups in total. The van der Waals surface area contributed by atoms with Crippen molar-refractivity contribution in [1.29, 1.82) is 0 Å². The summed E-state index contributed by atoms with van der Waals surface area (Å²) in [6, 6.07) is 7.48. The van der Waals surface area contributed by atoms with Crippen LogP contribution in [0.1, 0.15) is 19.7 Å². The van der Waals surface area contributed by atoms with Crippen LogP contribution in [0.5, 0.6) is 0 Å². The molecule has 3 aromatic rings. The number of nitrogens with zero attached hydrogens (tertiary/aromatic N) is 4. The van der Waals surface area contributed by atoms with Crippen molar-refractivity contribution in [2.45, 2.75) is 23.8 Å². The molecule has 9 nitrogen and oxygen atoms in total. The van der Waals surface area contributed by atoms with Gasteiger partial charge in [-0.25, -0.2) is 9.78 Å². The predicted molar refractivity (Wildman–Crippen MR) is 104 cm³/mol. The number of benzene rings is 1. The van der Waals surface area contributed by atoms with Gasteiger partial charge in [-0.3, -0.25) is 4.79 Å². The van der Waals surface area contributed by atoms with Crippen molar-refractivity contribution in [3.63, 3.8) is 0 Å². The first-order valence-electron chi connectivity index (χ1n) is 7.43. The Morgan fingerprint density at radius 3 is 2.67 bits per heavy atom. The molecule has 0 amide bonds. The molecule has 0 saturated heterocycles. The number of para-hydroxylation sites is 1. The number of carbonyl (C=O) groups is 2. The Hall–Kier alpha value is -2.57. The molecule has 0 aliphatic rings. The Labute approximate surface area is 165 Å². The maximum absolute atomic E-state index is 12.7. The summed E-state index contributed by atoms with van der Waals surface area (Å²) in [5.41, 5.74) is 4.48. The fourth-order valence-electron chi connectivity index (χ4n) is 1.72. The largest absolute Gasteiger partial charge is 0.478 e. The molecule has 1 aromatic carbocycles. The summed E-state index contributed by atoms with van der Waals surface area (Å²) in [7, 11) is 0. The lowest BCUT2D eigenvalue weighted by atomic mass is 10.1. The van der Waals surface area contributed by atoms with Crippen molar-refractivity contribution < 1.29 is 19.5 Å². The smallest absolute Gasteiger partial charge is 0.350 e. The number of carbonyl (C=O) groups excluding carboxylic acids is 1. The monoisotopic (exact) mass is 423 g/mol. The van der Waals surface area contributed by atoms with Gasteiger partial charge in [0.25, 0.3) is 5.12 Å². The molecule has 0 unspecified atom stereocenters. The lowest BCUT2D eigenvalue weighted by Crippen LogP contribution is -2.33. The number of aliphatic carboxylic acids is 1. The van der Waals surface area contributed by atoms with E-state index >= 15 is 0 Å². The third-order valence-corrected chi connectivity index (χ3v) is 5.70. The summed E-state index contributed by atoms with van der Waals surface area (Å²) >= 11 is 3.07. The molecule has 2 aromatic heterocycles. The van der Waals surface area contributed by atoms with E-state index in [4.69, 9.17) is 15.7 Å². The van der Waals surface area contributed by atoms with Crippen LogP contribution in [0.2, 0.25) is 0 Å². The first-order chi connectivity index (χ1) is 12.8. The first-order valence-corrected chi connectivity index (χ1v) is 9.84. The summed E-state index contributed by atoms with van der Waals surface area (Å²) in [4.78, 5) is 37.3. The molecular formula is C15H13N5O4S3. The Morgan fingerprint density at radius 1 is 1.30 bits per heavy atom. The van der Waals surface area contributed by atoms with Gasteiger partial charge in [0.15, 0.2) is 9.47 Å². The number of thioether (sulfide) groups is 1. The van der Waals surface area contributed by atoms with Crippen LogP contribution < -0.4 is 5.73 Å². The SMILES string of the molecule is CC(C)(ON=C(C(=O)Sc1nc2ccccc2s1)c1nsc(N)n1)C(=O)O. The van der Waals surface area contributed by atoms with E-state index in [0.717, 1.165) is 33.5 Å². The standard InChI is InChI=1S/C15H13N5O4S3/c1-15(2,12(22)23)24-19-9(10-18-13(16)27-20-10)11(21)26-14-17-7-5-3-4-6-8(7)25-14/h3-6H,1-2H3,(H,22,23)(H2,16,18,20). The number of anilines is 1. The van der Waals surface area contributed by atoms with Crippen molar-refractivity contribution in [3.05, 3.63) is 30.1 Å². The number of carboxylic acids is 1. The Morgan fingerprint density at radius 2 is 2.04 bits per heavy atom. The van der Waals surface area contributed by atoms with E-state index in [2.05, 4.69) is 19.5 Å². The summed E-state index contributed by atoms with van der Waals surface area (Å²) in [5, 5.41) is 12.5. The van der Waals surface area contributed by atoms with Gasteiger partial charge in [0.2, 0.25) is 17.1 Å². The van der Waals surface area contributed by atoms with Crippen LogP contribution in [0.25, 0.3) is 10.2 Å². The van der Waals surface area contributed by atoms with Gasteiger partial charge in [0.1, 0.15) is 0 Å². The lowest BCUT2D eigenvalue weighted by molar-refractivity contribution is -0.161. The molecule has 0 bridgehead atoms. The number of aromatic nitrogens is 3. The van der Waals surface area contributed by atoms with Gasteiger partial charge < -0.3 is 15.7 Å². The molecule has 27 heavy (non-hydrogen) atoms. The number of carboxylic acid groups (broad SMARTS) is 1. The number of thiazole rings is 1. The van der Waals surface area contributed by atoms with E-state index < -0.39 is 16.7 Å². The average Bonchev–Trinajstić information content (AvgIpc) is 3.20. The van der Waals surface area contributed by atoms with Crippen molar-refractivity contribution in [3.8, 4) is 0 Å². The fraction of sp³-hybridized carbons (Fsp3) is 0.200. The minimum Gasteiger partial charge on any atom is -0.478 e. The van der Waals surface area contributed by atoms with E-state index in [0.29, 0.717) is 4.34 Å². The van der Waals surface area contributed by atoms with E-state index in [1.54, 1.807) is 0 Å². The third-order valence-electron chi connectivity index (χ3n) is 3.18. The van der Waals surface area contributed by atoms with Crippen LogP contribution in [0.3, 0.4) is 0 Å². The zero-order valence-electron chi connectivity index (χ0n) is 14.1. The normalized spacial score (nSPS) is 12.3. The van der Waals surface area contributed by atoms with Gasteiger partial charge in [-0.1, -0.05) is 17.3 Å². The minimum atomic E-state index is -1.63. The Balaban J connectivity index is 1.89. The highest BCUT2D eigenvalue weighted by molar-refractivity contribution is 8.16. The van der Waals surface area contributed by atoms with Gasteiger partial charge in [-0.2, -0.15) is 9.36 Å². The number of nitrogens with two attached hydrogens (primary N) is 1. The highest BCUT2D eigenvalue weighted by Crippen LogP contribution is 2.30. The van der Waals surface area contributed by atoms with Crippen LogP contribution in [-0.4, -0.2) is 41.8 Å². The van der Waals surface area contributed by atoms with E-state index in [1.807, 2.05) is 24.3 Å². The number of hydrogen-bond donors (Lipinski definition) is 2. The maximum atomic E-state index is 12.7. The minimum absolute atomic E-state index is 0.0303. The molecule has 3 rings (SSSR count). The predicted octanol–water partition coefficient (Wildman–Crippen LogP) is 2.63. The molecule has 0 fully saturated rings. The molecule has 0 atom stereocenters. The lowest BCUT2D eigenvalue weighted by Gasteiger charge is -2.16. The number of rotatable bonds is 6. The fourth-order valence-corrected chi connectivity index (χ4v) is 4.04. The number of hydrogen-bond acceptors (Lipinski definition) is 11. The molecule has 0 saturated carbocycles. The summed E-state index contributed by atoms with van der Waals surface area (Å²) in [6.07, 6.45) is 0. The Kier molecular flexibility index (Phi) is 5.39. The Bertz CT molecular complexity index is 1010. The van der Waals surface area contributed by atoms with E-state index in [9.17, 15) is 9.59 Å². The van der Waals surface area contributed by atoms with Crippen molar-refractivity contribution in [2.24, 2.45) is 5.16 Å². The zero-order chi connectivity index (χ0) is 19.6. The second-order valence-corrected chi connectivity index (χ2v) is 8.67. The van der Waals surface area contributed by atoms with Crippen molar-refractivity contribution in [1.82, 2.24) is 14.3 Å². The van der Waals surface area contributed by atoms with Crippen LogP contribution in [0, 0.1) is 0 Å². The molecule has 140 valence electrons. The number of fused-ring (bicyclic) bond motifs is 1. The number of nitrogen functional groups attached to an aromatic ring is 1. The van der Waals surface area contributed by atoms with Crippen LogP contribution in [-0.2, 0) is 14.4 Å². The first kappa shape index (κ1) is 19.2. The summed E-state index contributed by atoms with van der Waals surface area (Å²) in [6.45, 7) is 2.62. The summed E-state index contributed by atoms with van der Waals surface area (Å²) < 4.78 is 5.41. The molecule has 12 heteroatoms. The van der Waals surface area contributed by atoms with Gasteiger partial charge in [0.05, 0.1) is 10.2 Å². The molecular weight excluding hydrogens is 410 g/mol.